The Morgan fingerprint density at radius 2 is 1.69 bits per heavy atom. The summed E-state index contributed by atoms with van der Waals surface area (Å²) in [5.74, 6) is 3.15. The van der Waals surface area contributed by atoms with Crippen molar-refractivity contribution in [3.63, 3.8) is 0 Å². The molecule has 0 aliphatic carbocycles. The van der Waals surface area contributed by atoms with Crippen LogP contribution in [-0.2, 0) is 0 Å². The Kier molecular flexibility index (Phi) is 6.15. The normalized spacial score (nSPS) is 16.1. The number of hydrogen-bond acceptors (Lipinski definition) is 5. The van der Waals surface area contributed by atoms with Crippen LogP contribution in [0.25, 0.3) is 11.3 Å². The van der Waals surface area contributed by atoms with Gasteiger partial charge in [0.15, 0.2) is 12.2 Å². The van der Waals surface area contributed by atoms with E-state index >= 15 is 0 Å². The van der Waals surface area contributed by atoms with Crippen LogP contribution in [0, 0.1) is 0 Å². The van der Waals surface area contributed by atoms with E-state index in [1.165, 1.54) is 19.2 Å². The van der Waals surface area contributed by atoms with Gasteiger partial charge in [-0.3, -0.25) is 0 Å². The molecule has 0 amide bonds. The Bertz CT molecular complexity index is 783. The molecule has 1 aliphatic heterocycles. The molecule has 6 heteroatoms. The van der Waals surface area contributed by atoms with Crippen molar-refractivity contribution in [2.75, 3.05) is 13.2 Å². The van der Waals surface area contributed by atoms with E-state index in [0.29, 0.717) is 12.6 Å². The van der Waals surface area contributed by atoms with Crippen molar-refractivity contribution in [1.82, 2.24) is 10.3 Å². The van der Waals surface area contributed by atoms with Crippen molar-refractivity contribution in [2.24, 2.45) is 0 Å². The molecule has 1 unspecified atom stereocenters. The zero-order chi connectivity index (χ0) is 16.9. The largest absolute Gasteiger partial charge is 0.492 e. The van der Waals surface area contributed by atoms with Crippen molar-refractivity contribution in [1.29, 1.82) is 0 Å². The van der Waals surface area contributed by atoms with E-state index in [4.69, 9.17) is 13.9 Å². The molecule has 2 heterocycles. The Labute approximate surface area is 158 Å². The van der Waals surface area contributed by atoms with Gasteiger partial charge in [0.2, 0.25) is 0 Å². The van der Waals surface area contributed by atoms with Crippen molar-refractivity contribution in [3.8, 4) is 28.6 Å². The van der Waals surface area contributed by atoms with Crippen molar-refractivity contribution in [2.45, 2.75) is 18.9 Å². The lowest BCUT2D eigenvalue weighted by atomic mass is 10.2. The van der Waals surface area contributed by atoms with E-state index in [1.807, 2.05) is 48.5 Å². The number of ether oxygens (including phenoxy) is 2. The SMILES string of the molecule is Cl.c1ncc(-c2ccc(Oc3ccc(OCC4CCCN4)cc3)cc2)o1. The first-order valence-corrected chi connectivity index (χ1v) is 8.50. The Morgan fingerprint density at radius 3 is 2.31 bits per heavy atom. The molecule has 1 N–H and O–H groups in total. The van der Waals surface area contributed by atoms with Crippen LogP contribution < -0.4 is 14.8 Å². The summed E-state index contributed by atoms with van der Waals surface area (Å²) in [5.41, 5.74) is 0.967. The number of rotatable bonds is 6. The average molecular weight is 373 g/mol. The molecule has 1 aromatic heterocycles. The van der Waals surface area contributed by atoms with Gasteiger partial charge in [0.1, 0.15) is 23.9 Å². The molecular formula is C20H21ClN2O3. The minimum atomic E-state index is 0. The molecule has 0 radical (unpaired) electrons. The Morgan fingerprint density at radius 1 is 1.00 bits per heavy atom. The van der Waals surface area contributed by atoms with Gasteiger partial charge in [0.25, 0.3) is 0 Å². The molecule has 0 saturated carbocycles. The van der Waals surface area contributed by atoms with Crippen LogP contribution in [0.5, 0.6) is 17.2 Å². The predicted octanol–water partition coefficient (Wildman–Crippen LogP) is 4.69. The van der Waals surface area contributed by atoms with Gasteiger partial charge in [-0.1, -0.05) is 0 Å². The number of halogens is 1. The summed E-state index contributed by atoms with van der Waals surface area (Å²) in [7, 11) is 0. The van der Waals surface area contributed by atoms with E-state index < -0.39 is 0 Å². The topological polar surface area (TPSA) is 56.5 Å². The van der Waals surface area contributed by atoms with Gasteiger partial charge in [-0.25, -0.2) is 4.98 Å². The number of nitrogens with one attached hydrogen (secondary N) is 1. The highest BCUT2D eigenvalue weighted by molar-refractivity contribution is 5.85. The maximum absolute atomic E-state index is 5.87. The van der Waals surface area contributed by atoms with E-state index in [9.17, 15) is 0 Å². The van der Waals surface area contributed by atoms with Crippen molar-refractivity contribution in [3.05, 3.63) is 61.1 Å². The Hall–Kier alpha value is -2.50. The summed E-state index contributed by atoms with van der Waals surface area (Å²) in [6.45, 7) is 1.80. The number of aromatic nitrogens is 1. The second kappa shape index (κ2) is 8.74. The number of hydrogen-bond donors (Lipinski definition) is 1. The van der Waals surface area contributed by atoms with Gasteiger partial charge in [-0.2, -0.15) is 0 Å². The first-order valence-electron chi connectivity index (χ1n) is 8.50. The summed E-state index contributed by atoms with van der Waals surface area (Å²) in [4.78, 5) is 3.92. The number of oxazole rings is 1. The fraction of sp³-hybridized carbons (Fsp3) is 0.250. The lowest BCUT2D eigenvalue weighted by molar-refractivity contribution is 0.277. The van der Waals surface area contributed by atoms with E-state index in [-0.39, 0.29) is 12.4 Å². The van der Waals surface area contributed by atoms with Gasteiger partial charge in [-0.05, 0) is 67.9 Å². The fourth-order valence-corrected chi connectivity index (χ4v) is 2.88. The summed E-state index contributed by atoms with van der Waals surface area (Å²) in [5, 5.41) is 3.43. The highest BCUT2D eigenvalue weighted by Crippen LogP contribution is 2.27. The summed E-state index contributed by atoms with van der Waals surface area (Å²) in [6, 6.07) is 15.9. The molecule has 136 valence electrons. The second-order valence-corrected chi connectivity index (χ2v) is 6.07. The third-order valence-electron chi connectivity index (χ3n) is 4.24. The van der Waals surface area contributed by atoms with Gasteiger partial charge in [0, 0.05) is 11.6 Å². The van der Waals surface area contributed by atoms with Crippen LogP contribution in [-0.4, -0.2) is 24.2 Å². The fourth-order valence-electron chi connectivity index (χ4n) is 2.88. The molecule has 4 rings (SSSR count). The summed E-state index contributed by atoms with van der Waals surface area (Å²) in [6.07, 6.45) is 5.53. The van der Waals surface area contributed by atoms with Gasteiger partial charge >= 0.3 is 0 Å². The zero-order valence-electron chi connectivity index (χ0n) is 14.3. The van der Waals surface area contributed by atoms with Gasteiger partial charge in [0.05, 0.1) is 6.20 Å². The molecule has 26 heavy (non-hydrogen) atoms. The van der Waals surface area contributed by atoms with E-state index in [1.54, 1.807) is 6.20 Å². The molecule has 1 saturated heterocycles. The van der Waals surface area contributed by atoms with Crippen LogP contribution in [0.2, 0.25) is 0 Å². The predicted molar refractivity (Wildman–Crippen MR) is 102 cm³/mol. The quantitative estimate of drug-likeness (QED) is 0.680. The molecule has 0 spiro atoms. The van der Waals surface area contributed by atoms with E-state index in [2.05, 4.69) is 10.3 Å². The second-order valence-electron chi connectivity index (χ2n) is 6.07. The van der Waals surface area contributed by atoms with Gasteiger partial charge < -0.3 is 19.2 Å². The lowest BCUT2D eigenvalue weighted by Crippen LogP contribution is -2.28. The molecule has 5 nitrogen and oxygen atoms in total. The summed E-state index contributed by atoms with van der Waals surface area (Å²) < 4.78 is 17.0. The van der Waals surface area contributed by atoms with Crippen LogP contribution in [0.4, 0.5) is 0 Å². The molecule has 1 atom stereocenters. The number of nitrogens with zero attached hydrogens (tertiary/aromatic N) is 1. The van der Waals surface area contributed by atoms with E-state index in [0.717, 1.165) is 35.1 Å². The maximum atomic E-state index is 5.87. The van der Waals surface area contributed by atoms with Crippen LogP contribution in [0.3, 0.4) is 0 Å². The summed E-state index contributed by atoms with van der Waals surface area (Å²) >= 11 is 0. The zero-order valence-corrected chi connectivity index (χ0v) is 15.1. The molecule has 3 aromatic rings. The monoisotopic (exact) mass is 372 g/mol. The standard InChI is InChI=1S/C20H20N2O3.ClH/c1-2-16(22-11-1)13-23-17-7-9-19(10-8-17)25-18-5-3-15(4-6-18)20-12-21-14-24-20;/h3-10,12,14,16,22H,1-2,11,13H2;1H. The molecular weight excluding hydrogens is 352 g/mol. The third-order valence-corrected chi connectivity index (χ3v) is 4.24. The van der Waals surface area contributed by atoms with Crippen molar-refractivity contribution >= 4 is 12.4 Å². The van der Waals surface area contributed by atoms with Crippen molar-refractivity contribution < 1.29 is 13.9 Å². The highest BCUT2D eigenvalue weighted by atomic mass is 35.5. The van der Waals surface area contributed by atoms with Crippen LogP contribution in [0.15, 0.2) is 65.5 Å². The first-order chi connectivity index (χ1) is 12.4. The highest BCUT2D eigenvalue weighted by Gasteiger charge is 2.14. The Balaban J connectivity index is 0.00000196. The molecule has 2 aromatic carbocycles. The maximum Gasteiger partial charge on any atom is 0.181 e. The minimum Gasteiger partial charge on any atom is -0.492 e. The van der Waals surface area contributed by atoms with Crippen LogP contribution in [0.1, 0.15) is 12.8 Å². The lowest BCUT2D eigenvalue weighted by Gasteiger charge is -2.12. The number of benzene rings is 2. The third kappa shape index (κ3) is 4.56. The molecule has 0 bridgehead atoms. The van der Waals surface area contributed by atoms with Crippen LogP contribution >= 0.6 is 12.4 Å². The first kappa shape index (κ1) is 18.3. The molecule has 1 aliphatic rings. The average Bonchev–Trinajstić information content (AvgIpc) is 3.36. The minimum absolute atomic E-state index is 0. The van der Waals surface area contributed by atoms with Gasteiger partial charge in [-0.15, -0.1) is 12.4 Å². The molecule has 1 fully saturated rings. The smallest absolute Gasteiger partial charge is 0.181 e.